The number of aryl methyl sites for hydroxylation is 1. The SMILES string of the molecule is CCCn1c(=O)sc2cc(S(=O)(=O)N3CCN(C(=O)c4cc5cc(Cl)ccc5[nH]4)CC3)ccc21. The topological polar surface area (TPSA) is 95.5 Å². The number of nitrogens with one attached hydrogen (secondary N) is 1. The summed E-state index contributed by atoms with van der Waals surface area (Å²) in [5, 5.41) is 1.44. The standard InChI is InChI=1S/C23H23ClN4O4S2/c1-2-7-28-20-6-4-17(14-21(20)33-23(28)30)34(31,32)27-10-8-26(9-11-27)22(29)19-13-15-12-16(24)3-5-18(15)25-19/h3-6,12-14,25H,2,7-11H2,1H3. The van der Waals surface area contributed by atoms with E-state index in [1.165, 1.54) is 4.31 Å². The molecule has 0 unspecified atom stereocenters. The fourth-order valence-corrected chi connectivity index (χ4v) is 6.97. The maximum Gasteiger partial charge on any atom is 0.308 e. The minimum atomic E-state index is -3.74. The average molecular weight is 519 g/mol. The number of piperazine rings is 1. The number of hydrogen-bond donors (Lipinski definition) is 1. The van der Waals surface area contributed by atoms with Crippen LogP contribution in [0.2, 0.25) is 5.02 Å². The first kappa shape index (κ1) is 23.1. The van der Waals surface area contributed by atoms with Crippen LogP contribution in [-0.4, -0.2) is 59.3 Å². The summed E-state index contributed by atoms with van der Waals surface area (Å²) < 4.78 is 30.3. The van der Waals surface area contributed by atoms with Gasteiger partial charge in [0.25, 0.3) is 5.91 Å². The zero-order chi connectivity index (χ0) is 24.0. The Labute approximate surface area is 205 Å². The number of carbonyl (C=O) groups excluding carboxylic acids is 1. The number of sulfonamides is 1. The van der Waals surface area contributed by atoms with Crippen molar-refractivity contribution >= 4 is 60.0 Å². The van der Waals surface area contributed by atoms with Gasteiger partial charge >= 0.3 is 4.87 Å². The molecule has 1 amide bonds. The molecule has 2 aromatic carbocycles. The summed E-state index contributed by atoms with van der Waals surface area (Å²) in [5.74, 6) is -0.173. The molecule has 5 rings (SSSR count). The molecule has 0 radical (unpaired) electrons. The molecular formula is C23H23ClN4O4S2. The highest BCUT2D eigenvalue weighted by Gasteiger charge is 2.31. The Morgan fingerprint density at radius 3 is 2.59 bits per heavy atom. The molecule has 0 atom stereocenters. The summed E-state index contributed by atoms with van der Waals surface area (Å²) in [7, 11) is -3.74. The molecule has 178 valence electrons. The van der Waals surface area contributed by atoms with Gasteiger partial charge < -0.3 is 9.88 Å². The van der Waals surface area contributed by atoms with Crippen molar-refractivity contribution in [2.24, 2.45) is 0 Å². The van der Waals surface area contributed by atoms with E-state index in [9.17, 15) is 18.0 Å². The minimum Gasteiger partial charge on any atom is -0.351 e. The van der Waals surface area contributed by atoms with Crippen molar-refractivity contribution in [1.29, 1.82) is 0 Å². The number of H-pyrrole nitrogens is 1. The van der Waals surface area contributed by atoms with Crippen molar-refractivity contribution in [3.8, 4) is 0 Å². The number of halogens is 1. The van der Waals surface area contributed by atoms with Gasteiger partial charge in [-0.1, -0.05) is 29.9 Å². The van der Waals surface area contributed by atoms with Crippen LogP contribution in [0.25, 0.3) is 21.1 Å². The first-order valence-electron chi connectivity index (χ1n) is 11.0. The second-order valence-electron chi connectivity index (χ2n) is 8.26. The molecule has 0 aliphatic carbocycles. The summed E-state index contributed by atoms with van der Waals surface area (Å²) in [6, 6.07) is 12.0. The highest BCUT2D eigenvalue weighted by Crippen LogP contribution is 2.26. The lowest BCUT2D eigenvalue weighted by atomic mass is 10.2. The van der Waals surface area contributed by atoms with Crippen LogP contribution in [0.1, 0.15) is 23.8 Å². The van der Waals surface area contributed by atoms with Gasteiger partial charge in [0.2, 0.25) is 10.0 Å². The van der Waals surface area contributed by atoms with E-state index < -0.39 is 10.0 Å². The van der Waals surface area contributed by atoms with Gasteiger partial charge in [-0.25, -0.2) is 8.42 Å². The Hall–Kier alpha value is -2.66. The summed E-state index contributed by atoms with van der Waals surface area (Å²) in [6.45, 7) is 3.57. The van der Waals surface area contributed by atoms with Crippen LogP contribution in [0.3, 0.4) is 0 Å². The Kier molecular flexibility index (Phi) is 6.01. The van der Waals surface area contributed by atoms with Crippen LogP contribution in [0.15, 0.2) is 52.2 Å². The molecule has 1 aliphatic heterocycles. The van der Waals surface area contributed by atoms with Crippen molar-refractivity contribution in [2.45, 2.75) is 24.8 Å². The van der Waals surface area contributed by atoms with Gasteiger partial charge in [0.15, 0.2) is 0 Å². The third kappa shape index (κ3) is 4.04. The number of fused-ring (bicyclic) bond motifs is 2. The molecule has 1 fully saturated rings. The number of hydrogen-bond acceptors (Lipinski definition) is 5. The first-order chi connectivity index (χ1) is 16.3. The van der Waals surface area contributed by atoms with Crippen molar-refractivity contribution in [1.82, 2.24) is 18.8 Å². The van der Waals surface area contributed by atoms with Crippen LogP contribution in [0, 0.1) is 0 Å². The zero-order valence-corrected chi connectivity index (χ0v) is 20.8. The molecular weight excluding hydrogens is 496 g/mol. The molecule has 0 spiro atoms. The van der Waals surface area contributed by atoms with Crippen molar-refractivity contribution < 1.29 is 13.2 Å². The lowest BCUT2D eigenvalue weighted by Gasteiger charge is -2.33. The van der Waals surface area contributed by atoms with Crippen LogP contribution >= 0.6 is 22.9 Å². The highest BCUT2D eigenvalue weighted by molar-refractivity contribution is 7.89. The molecule has 3 heterocycles. The van der Waals surface area contributed by atoms with Gasteiger partial charge in [-0.2, -0.15) is 4.31 Å². The number of aromatic amines is 1. The number of thiazole rings is 1. The smallest absolute Gasteiger partial charge is 0.308 e. The van der Waals surface area contributed by atoms with Crippen LogP contribution < -0.4 is 4.87 Å². The van der Waals surface area contributed by atoms with E-state index >= 15 is 0 Å². The number of aromatic nitrogens is 2. The van der Waals surface area contributed by atoms with Gasteiger partial charge in [-0.05, 0) is 48.9 Å². The average Bonchev–Trinajstić information content (AvgIpc) is 3.38. The van der Waals surface area contributed by atoms with Crippen LogP contribution in [0.4, 0.5) is 0 Å². The summed E-state index contributed by atoms with van der Waals surface area (Å²) in [5.41, 5.74) is 2.02. The van der Waals surface area contributed by atoms with E-state index in [2.05, 4.69) is 4.98 Å². The molecule has 0 bridgehead atoms. The second-order valence-corrected chi connectivity index (χ2v) is 11.6. The van der Waals surface area contributed by atoms with E-state index in [0.717, 1.165) is 34.2 Å². The first-order valence-corrected chi connectivity index (χ1v) is 13.6. The van der Waals surface area contributed by atoms with E-state index in [0.29, 0.717) is 22.0 Å². The number of carbonyl (C=O) groups is 1. The van der Waals surface area contributed by atoms with E-state index in [1.807, 2.05) is 13.0 Å². The third-order valence-electron chi connectivity index (χ3n) is 6.06. The number of rotatable bonds is 5. The maximum atomic E-state index is 13.3. The quantitative estimate of drug-likeness (QED) is 0.435. The van der Waals surface area contributed by atoms with Crippen molar-refractivity contribution in [2.75, 3.05) is 26.2 Å². The fraction of sp³-hybridized carbons (Fsp3) is 0.304. The Bertz CT molecular complexity index is 1560. The number of nitrogens with zero attached hydrogens (tertiary/aromatic N) is 3. The normalized spacial score (nSPS) is 15.4. The third-order valence-corrected chi connectivity index (χ3v) is 9.14. The Balaban J connectivity index is 1.32. The number of amides is 1. The predicted molar refractivity (Wildman–Crippen MR) is 134 cm³/mol. The van der Waals surface area contributed by atoms with Gasteiger partial charge in [-0.3, -0.25) is 14.2 Å². The molecule has 34 heavy (non-hydrogen) atoms. The monoisotopic (exact) mass is 518 g/mol. The Morgan fingerprint density at radius 2 is 1.85 bits per heavy atom. The molecule has 8 nitrogen and oxygen atoms in total. The van der Waals surface area contributed by atoms with Gasteiger partial charge in [0.1, 0.15) is 5.69 Å². The summed E-state index contributed by atoms with van der Waals surface area (Å²) in [4.78, 5) is 30.1. The fourth-order valence-electron chi connectivity index (χ4n) is 4.31. The minimum absolute atomic E-state index is 0.0854. The van der Waals surface area contributed by atoms with E-state index in [1.54, 1.807) is 45.9 Å². The van der Waals surface area contributed by atoms with Crippen molar-refractivity contribution in [3.63, 3.8) is 0 Å². The number of benzene rings is 2. The molecule has 0 saturated carbocycles. The Morgan fingerprint density at radius 1 is 1.09 bits per heavy atom. The molecule has 4 aromatic rings. The highest BCUT2D eigenvalue weighted by atomic mass is 35.5. The summed E-state index contributed by atoms with van der Waals surface area (Å²) in [6.07, 6.45) is 0.820. The summed E-state index contributed by atoms with van der Waals surface area (Å²) >= 11 is 7.09. The zero-order valence-electron chi connectivity index (χ0n) is 18.5. The second kappa shape index (κ2) is 8.84. The van der Waals surface area contributed by atoms with Gasteiger partial charge in [0, 0.05) is 48.6 Å². The lowest BCUT2D eigenvalue weighted by molar-refractivity contribution is 0.0693. The molecule has 2 aromatic heterocycles. The van der Waals surface area contributed by atoms with Crippen LogP contribution in [0.5, 0.6) is 0 Å². The largest absolute Gasteiger partial charge is 0.351 e. The predicted octanol–water partition coefficient (Wildman–Crippen LogP) is 3.75. The van der Waals surface area contributed by atoms with Crippen molar-refractivity contribution in [3.05, 3.63) is 62.8 Å². The maximum absolute atomic E-state index is 13.3. The van der Waals surface area contributed by atoms with Crippen LogP contribution in [-0.2, 0) is 16.6 Å². The van der Waals surface area contributed by atoms with Gasteiger partial charge in [0.05, 0.1) is 15.1 Å². The lowest BCUT2D eigenvalue weighted by Crippen LogP contribution is -2.50. The van der Waals surface area contributed by atoms with E-state index in [4.69, 9.17) is 11.6 Å². The molecule has 11 heteroatoms. The van der Waals surface area contributed by atoms with E-state index in [-0.39, 0.29) is 41.9 Å². The molecule has 1 aliphatic rings. The molecule has 1 saturated heterocycles. The molecule has 1 N–H and O–H groups in total. The van der Waals surface area contributed by atoms with Gasteiger partial charge in [-0.15, -0.1) is 0 Å².